The van der Waals surface area contributed by atoms with Crippen molar-refractivity contribution in [3.63, 3.8) is 0 Å². The molecular weight excluding hydrogens is 282 g/mol. The number of nitrogens with zero attached hydrogens (tertiary/aromatic N) is 1. The summed E-state index contributed by atoms with van der Waals surface area (Å²) >= 11 is 3.29. The second-order valence-electron chi connectivity index (χ2n) is 3.51. The highest BCUT2D eigenvalue weighted by Gasteiger charge is 2.04. The maximum Gasteiger partial charge on any atom is 0.239 e. The summed E-state index contributed by atoms with van der Waals surface area (Å²) in [6.45, 7) is 2.85. The summed E-state index contributed by atoms with van der Waals surface area (Å²) in [5.41, 5.74) is 1.19. The molecule has 4 nitrogen and oxygen atoms in total. The number of carbonyl (C=O) groups excluding carboxylic acids is 1. The number of nitriles is 1. The van der Waals surface area contributed by atoms with Gasteiger partial charge in [-0.05, 0) is 24.6 Å². The highest BCUT2D eigenvalue weighted by Crippen LogP contribution is 2.19. The Bertz CT molecular complexity index is 440. The van der Waals surface area contributed by atoms with Crippen molar-refractivity contribution >= 4 is 27.5 Å². The number of benzene rings is 1. The zero-order valence-electron chi connectivity index (χ0n) is 9.59. The number of anilines is 1. The highest BCUT2D eigenvalue weighted by atomic mass is 79.9. The number of amides is 1. The maximum absolute atomic E-state index is 11.4. The number of hydrogen-bond acceptors (Lipinski definition) is 3. The summed E-state index contributed by atoms with van der Waals surface area (Å²) in [6.07, 6.45) is 0.910. The molecule has 1 rings (SSSR count). The van der Waals surface area contributed by atoms with E-state index in [1.165, 1.54) is 0 Å². The molecule has 0 spiro atoms. The van der Waals surface area contributed by atoms with E-state index in [0.717, 1.165) is 10.9 Å². The molecule has 0 aliphatic carbocycles. The van der Waals surface area contributed by atoms with Crippen molar-refractivity contribution in [2.45, 2.75) is 13.3 Å². The normalized spacial score (nSPS) is 9.47. The molecule has 1 amide bonds. The van der Waals surface area contributed by atoms with Gasteiger partial charge in [0.2, 0.25) is 5.91 Å². The third kappa shape index (κ3) is 4.45. The van der Waals surface area contributed by atoms with Crippen LogP contribution in [0.4, 0.5) is 5.69 Å². The predicted molar refractivity (Wildman–Crippen MR) is 70.6 cm³/mol. The molecule has 17 heavy (non-hydrogen) atoms. The first-order valence-electron chi connectivity index (χ1n) is 5.37. The second kappa shape index (κ2) is 6.92. The third-order valence-corrected chi connectivity index (χ3v) is 2.61. The monoisotopic (exact) mass is 295 g/mol. The van der Waals surface area contributed by atoms with E-state index in [-0.39, 0.29) is 12.5 Å². The number of nitrogens with one attached hydrogen (secondary N) is 2. The van der Waals surface area contributed by atoms with E-state index < -0.39 is 0 Å². The van der Waals surface area contributed by atoms with Crippen LogP contribution in [-0.2, 0) is 4.79 Å². The van der Waals surface area contributed by atoms with Gasteiger partial charge in [0, 0.05) is 11.0 Å². The second-order valence-corrected chi connectivity index (χ2v) is 4.42. The van der Waals surface area contributed by atoms with Gasteiger partial charge in [-0.2, -0.15) is 5.26 Å². The van der Waals surface area contributed by atoms with Gasteiger partial charge in [0.05, 0.1) is 17.8 Å². The summed E-state index contributed by atoms with van der Waals surface area (Å²) in [4.78, 5) is 11.4. The Kier molecular flexibility index (Phi) is 5.50. The Morgan fingerprint density at radius 3 is 2.94 bits per heavy atom. The molecule has 0 radical (unpaired) electrons. The Hall–Kier alpha value is -1.54. The molecule has 90 valence electrons. The lowest BCUT2D eigenvalue weighted by Gasteiger charge is -2.08. The molecule has 5 heteroatoms. The summed E-state index contributed by atoms with van der Waals surface area (Å²) in [5, 5.41) is 14.6. The molecule has 0 saturated heterocycles. The molecule has 1 aromatic carbocycles. The summed E-state index contributed by atoms with van der Waals surface area (Å²) < 4.78 is 0.843. The first kappa shape index (κ1) is 13.5. The fraction of sp³-hybridized carbons (Fsp3) is 0.333. The fourth-order valence-electron chi connectivity index (χ4n) is 1.27. The van der Waals surface area contributed by atoms with Gasteiger partial charge in [-0.15, -0.1) is 0 Å². The van der Waals surface area contributed by atoms with Crippen molar-refractivity contribution in [2.75, 3.05) is 18.4 Å². The number of halogens is 1. The molecule has 0 atom stereocenters. The van der Waals surface area contributed by atoms with Crippen molar-refractivity contribution in [1.29, 1.82) is 5.26 Å². The highest BCUT2D eigenvalue weighted by molar-refractivity contribution is 9.10. The van der Waals surface area contributed by atoms with E-state index in [2.05, 4.69) is 32.6 Å². The minimum atomic E-state index is -0.0707. The van der Waals surface area contributed by atoms with E-state index in [9.17, 15) is 4.79 Å². The van der Waals surface area contributed by atoms with Crippen molar-refractivity contribution in [1.82, 2.24) is 5.32 Å². The number of rotatable bonds is 5. The Balaban J connectivity index is 2.58. The van der Waals surface area contributed by atoms with Crippen LogP contribution in [0.5, 0.6) is 0 Å². The first-order valence-corrected chi connectivity index (χ1v) is 6.17. The van der Waals surface area contributed by atoms with Crippen LogP contribution < -0.4 is 10.6 Å². The number of carbonyl (C=O) groups is 1. The van der Waals surface area contributed by atoms with E-state index >= 15 is 0 Å². The Labute approximate surface area is 109 Å². The molecule has 0 heterocycles. The van der Waals surface area contributed by atoms with Crippen LogP contribution in [0.3, 0.4) is 0 Å². The van der Waals surface area contributed by atoms with Crippen molar-refractivity contribution < 1.29 is 4.79 Å². The lowest BCUT2D eigenvalue weighted by Crippen LogP contribution is -2.30. The van der Waals surface area contributed by atoms with Crippen LogP contribution >= 0.6 is 15.9 Å². The summed E-state index contributed by atoms with van der Waals surface area (Å²) in [7, 11) is 0. The molecule has 0 fully saturated rings. The van der Waals surface area contributed by atoms with Gasteiger partial charge < -0.3 is 10.6 Å². The molecule has 0 unspecified atom stereocenters. The van der Waals surface area contributed by atoms with Crippen LogP contribution in [0, 0.1) is 11.3 Å². The minimum absolute atomic E-state index is 0.0707. The molecule has 0 aromatic heterocycles. The standard InChI is InChI=1S/C12H14BrN3O/c1-2-5-15-12(17)8-16-11-4-3-10(13)6-9(11)7-14/h3-4,6,16H,2,5,8H2,1H3,(H,15,17). The zero-order valence-corrected chi connectivity index (χ0v) is 11.2. The van der Waals surface area contributed by atoms with Crippen LogP contribution in [0.15, 0.2) is 22.7 Å². The maximum atomic E-state index is 11.4. The van der Waals surface area contributed by atoms with Crippen molar-refractivity contribution in [3.05, 3.63) is 28.2 Å². The quantitative estimate of drug-likeness (QED) is 0.876. The fourth-order valence-corrected chi connectivity index (χ4v) is 1.63. The van der Waals surface area contributed by atoms with Crippen LogP contribution in [-0.4, -0.2) is 19.0 Å². The molecule has 1 aromatic rings. The van der Waals surface area contributed by atoms with Crippen molar-refractivity contribution in [3.8, 4) is 6.07 Å². The van der Waals surface area contributed by atoms with E-state index in [4.69, 9.17) is 5.26 Å². The molecule has 0 bridgehead atoms. The summed E-state index contributed by atoms with van der Waals surface area (Å²) in [5.74, 6) is -0.0707. The topological polar surface area (TPSA) is 64.9 Å². The van der Waals surface area contributed by atoms with Gasteiger partial charge in [0.1, 0.15) is 6.07 Å². The van der Waals surface area contributed by atoms with E-state index in [1.54, 1.807) is 12.1 Å². The smallest absolute Gasteiger partial charge is 0.239 e. The molecule has 0 saturated carbocycles. The minimum Gasteiger partial charge on any atom is -0.375 e. The van der Waals surface area contributed by atoms with E-state index in [1.807, 2.05) is 13.0 Å². The van der Waals surface area contributed by atoms with E-state index in [0.29, 0.717) is 17.8 Å². The van der Waals surface area contributed by atoms with Crippen LogP contribution in [0.2, 0.25) is 0 Å². The SMILES string of the molecule is CCCNC(=O)CNc1ccc(Br)cc1C#N. The van der Waals surface area contributed by atoms with Crippen LogP contribution in [0.25, 0.3) is 0 Å². The van der Waals surface area contributed by atoms with Gasteiger partial charge in [0.15, 0.2) is 0 Å². The predicted octanol–water partition coefficient (Wildman–Crippen LogP) is 2.26. The van der Waals surface area contributed by atoms with Crippen molar-refractivity contribution in [2.24, 2.45) is 0 Å². The van der Waals surface area contributed by atoms with Gasteiger partial charge in [-0.1, -0.05) is 22.9 Å². The largest absolute Gasteiger partial charge is 0.375 e. The Morgan fingerprint density at radius 1 is 1.53 bits per heavy atom. The van der Waals surface area contributed by atoms with Gasteiger partial charge >= 0.3 is 0 Å². The average Bonchev–Trinajstić information content (AvgIpc) is 2.34. The van der Waals surface area contributed by atoms with Gasteiger partial charge in [-0.3, -0.25) is 4.79 Å². The first-order chi connectivity index (χ1) is 8.17. The molecule has 0 aliphatic rings. The molecule has 0 aliphatic heterocycles. The van der Waals surface area contributed by atoms with Gasteiger partial charge in [0.25, 0.3) is 0 Å². The number of hydrogen-bond donors (Lipinski definition) is 2. The molecule has 2 N–H and O–H groups in total. The zero-order chi connectivity index (χ0) is 12.7. The Morgan fingerprint density at radius 2 is 2.29 bits per heavy atom. The van der Waals surface area contributed by atoms with Gasteiger partial charge in [-0.25, -0.2) is 0 Å². The average molecular weight is 296 g/mol. The van der Waals surface area contributed by atoms with Crippen LogP contribution in [0.1, 0.15) is 18.9 Å². The summed E-state index contributed by atoms with van der Waals surface area (Å²) in [6, 6.07) is 7.39. The third-order valence-electron chi connectivity index (χ3n) is 2.11. The lowest BCUT2D eigenvalue weighted by atomic mass is 10.2. The lowest BCUT2D eigenvalue weighted by molar-refractivity contribution is -0.119. The molecular formula is C12H14BrN3O.